The summed E-state index contributed by atoms with van der Waals surface area (Å²) in [5, 5.41) is 6.61. The molecule has 2 unspecified atom stereocenters. The van der Waals surface area contributed by atoms with Gasteiger partial charge in [0.1, 0.15) is 0 Å². The maximum Gasteiger partial charge on any atom is 0.220 e. The van der Waals surface area contributed by atoms with Crippen LogP contribution in [0.4, 0.5) is 5.69 Å². The maximum atomic E-state index is 12.2. The van der Waals surface area contributed by atoms with Crippen LogP contribution in [0.2, 0.25) is 10.0 Å². The van der Waals surface area contributed by atoms with Crippen molar-refractivity contribution in [3.63, 3.8) is 0 Å². The fraction of sp³-hybridized carbons (Fsp3) is 0.333. The van der Waals surface area contributed by atoms with E-state index >= 15 is 0 Å². The van der Waals surface area contributed by atoms with E-state index in [9.17, 15) is 9.59 Å². The fourth-order valence-electron chi connectivity index (χ4n) is 3.40. The van der Waals surface area contributed by atoms with Gasteiger partial charge in [-0.15, -0.1) is 0 Å². The lowest BCUT2D eigenvalue weighted by Crippen LogP contribution is -2.28. The number of anilines is 1. The van der Waals surface area contributed by atoms with Crippen LogP contribution >= 0.6 is 23.2 Å². The highest BCUT2D eigenvalue weighted by Gasteiger charge is 2.31. The molecule has 0 aliphatic heterocycles. The number of carbonyl (C=O) groups excluding carboxylic acids is 2. The van der Waals surface area contributed by atoms with Crippen molar-refractivity contribution >= 4 is 41.2 Å². The minimum Gasteiger partial charge on any atom is -0.359 e. The molecular weight excluding hydrogens is 383 g/mol. The van der Waals surface area contributed by atoms with E-state index in [4.69, 9.17) is 23.2 Å². The molecule has 0 aliphatic rings. The first kappa shape index (κ1) is 21.3. The molecule has 0 radical (unpaired) electrons. The second kappa shape index (κ2) is 9.77. The summed E-state index contributed by atoms with van der Waals surface area (Å²) in [6, 6.07) is 13.0. The molecule has 2 aromatic rings. The van der Waals surface area contributed by atoms with Crippen LogP contribution in [0.1, 0.15) is 37.3 Å². The van der Waals surface area contributed by atoms with E-state index in [0.717, 1.165) is 11.1 Å². The van der Waals surface area contributed by atoms with Gasteiger partial charge in [0.05, 0.1) is 0 Å². The van der Waals surface area contributed by atoms with E-state index in [1.54, 1.807) is 19.2 Å². The number of amides is 2. The molecule has 2 aromatic carbocycles. The molecule has 0 aliphatic carbocycles. The van der Waals surface area contributed by atoms with Crippen LogP contribution in [0, 0.1) is 11.8 Å². The van der Waals surface area contributed by atoms with Crippen LogP contribution in [0.3, 0.4) is 0 Å². The Hall–Kier alpha value is -2.04. The average molecular weight is 407 g/mol. The summed E-state index contributed by atoms with van der Waals surface area (Å²) in [7, 11) is 1.63. The molecule has 144 valence electrons. The zero-order valence-electron chi connectivity index (χ0n) is 15.6. The highest BCUT2D eigenvalue weighted by Crippen LogP contribution is 2.42. The first-order valence-corrected chi connectivity index (χ1v) is 9.58. The smallest absolute Gasteiger partial charge is 0.220 e. The van der Waals surface area contributed by atoms with Crippen molar-refractivity contribution in [1.82, 2.24) is 5.32 Å². The largest absolute Gasteiger partial charge is 0.359 e. The number of hydrogen-bond donors (Lipinski definition) is 2. The van der Waals surface area contributed by atoms with Gasteiger partial charge in [-0.05, 0) is 47.2 Å². The molecule has 6 heteroatoms. The number of benzene rings is 2. The standard InChI is InChI=1S/C21H24Cl2N2O2/c1-13(2)18(11-20(27)24-3)21(14-5-4-6-15(22)9-14)17-8-7-16(23)10-19(17)25-12-26/h4-10,12-13,18,21H,11H2,1-3H3,(H,24,27)(H,25,26). The Morgan fingerprint density at radius 2 is 1.81 bits per heavy atom. The molecule has 2 N–H and O–H groups in total. The molecule has 27 heavy (non-hydrogen) atoms. The van der Waals surface area contributed by atoms with Crippen molar-refractivity contribution in [2.75, 3.05) is 12.4 Å². The summed E-state index contributed by atoms with van der Waals surface area (Å²) in [6.07, 6.45) is 0.988. The summed E-state index contributed by atoms with van der Waals surface area (Å²) in [4.78, 5) is 23.3. The summed E-state index contributed by atoms with van der Waals surface area (Å²) in [6.45, 7) is 4.18. The Bertz CT molecular complexity index is 809. The predicted octanol–water partition coefficient (Wildman–Crippen LogP) is 5.10. The fourth-order valence-corrected chi connectivity index (χ4v) is 3.77. The quantitative estimate of drug-likeness (QED) is 0.598. The normalized spacial score (nSPS) is 13.1. The minimum absolute atomic E-state index is 0.00297. The van der Waals surface area contributed by atoms with E-state index in [2.05, 4.69) is 24.5 Å². The highest BCUT2D eigenvalue weighted by molar-refractivity contribution is 6.31. The molecule has 0 spiro atoms. The van der Waals surface area contributed by atoms with Crippen LogP contribution in [0.15, 0.2) is 42.5 Å². The highest BCUT2D eigenvalue weighted by atomic mass is 35.5. The van der Waals surface area contributed by atoms with E-state index in [0.29, 0.717) is 28.6 Å². The van der Waals surface area contributed by atoms with Gasteiger partial charge in [0.25, 0.3) is 0 Å². The summed E-state index contributed by atoms with van der Waals surface area (Å²) >= 11 is 12.4. The van der Waals surface area contributed by atoms with Gasteiger partial charge in [-0.25, -0.2) is 0 Å². The monoisotopic (exact) mass is 406 g/mol. The third kappa shape index (κ3) is 5.47. The second-order valence-corrected chi connectivity index (χ2v) is 7.68. The zero-order valence-corrected chi connectivity index (χ0v) is 17.1. The lowest BCUT2D eigenvalue weighted by atomic mass is 9.73. The first-order valence-electron chi connectivity index (χ1n) is 8.83. The van der Waals surface area contributed by atoms with Gasteiger partial charge >= 0.3 is 0 Å². The number of hydrogen-bond acceptors (Lipinski definition) is 2. The Morgan fingerprint density at radius 3 is 2.41 bits per heavy atom. The Balaban J connectivity index is 2.66. The van der Waals surface area contributed by atoms with Crippen molar-refractivity contribution in [3.8, 4) is 0 Å². The first-order chi connectivity index (χ1) is 12.9. The van der Waals surface area contributed by atoms with E-state index in [1.165, 1.54) is 0 Å². The average Bonchev–Trinajstić information content (AvgIpc) is 2.62. The molecule has 0 aromatic heterocycles. The number of rotatable bonds is 8. The molecule has 4 nitrogen and oxygen atoms in total. The lowest BCUT2D eigenvalue weighted by molar-refractivity contribution is -0.122. The molecule has 2 atom stereocenters. The van der Waals surface area contributed by atoms with Crippen LogP contribution in [0.5, 0.6) is 0 Å². The minimum atomic E-state index is -0.138. The number of carbonyl (C=O) groups is 2. The number of nitrogens with one attached hydrogen (secondary N) is 2. The van der Waals surface area contributed by atoms with Gasteiger partial charge < -0.3 is 10.6 Å². The van der Waals surface area contributed by atoms with Gasteiger partial charge in [0.15, 0.2) is 0 Å². The molecule has 0 saturated carbocycles. The summed E-state index contributed by atoms with van der Waals surface area (Å²) in [5.41, 5.74) is 2.52. The molecule has 0 saturated heterocycles. The molecular formula is C21H24Cl2N2O2. The maximum absolute atomic E-state index is 12.2. The second-order valence-electron chi connectivity index (χ2n) is 6.81. The SMILES string of the molecule is CNC(=O)CC(C(C)C)C(c1cccc(Cl)c1)c1ccc(Cl)cc1NC=O. The van der Waals surface area contributed by atoms with Crippen LogP contribution in [0.25, 0.3) is 0 Å². The molecule has 0 bridgehead atoms. The van der Waals surface area contributed by atoms with Crippen LogP contribution < -0.4 is 10.6 Å². The van der Waals surface area contributed by atoms with Crippen LogP contribution in [-0.2, 0) is 9.59 Å². The van der Waals surface area contributed by atoms with Gasteiger partial charge in [-0.3, -0.25) is 9.59 Å². The summed E-state index contributed by atoms with van der Waals surface area (Å²) in [5.74, 6) is 0.0446. The van der Waals surface area contributed by atoms with Gasteiger partial charge in [0.2, 0.25) is 12.3 Å². The zero-order chi connectivity index (χ0) is 20.0. The number of halogens is 2. The van der Waals surface area contributed by atoms with Gasteiger partial charge in [-0.1, -0.05) is 55.2 Å². The van der Waals surface area contributed by atoms with Crippen molar-refractivity contribution in [1.29, 1.82) is 0 Å². The third-order valence-electron chi connectivity index (χ3n) is 4.76. The van der Waals surface area contributed by atoms with Gasteiger partial charge in [-0.2, -0.15) is 0 Å². The van der Waals surface area contributed by atoms with Crippen molar-refractivity contribution in [2.24, 2.45) is 11.8 Å². The van der Waals surface area contributed by atoms with Crippen molar-refractivity contribution < 1.29 is 9.59 Å². The third-order valence-corrected chi connectivity index (χ3v) is 5.23. The Labute approximate surface area is 170 Å². The lowest BCUT2D eigenvalue weighted by Gasteiger charge is -2.32. The van der Waals surface area contributed by atoms with E-state index in [-0.39, 0.29) is 23.7 Å². The molecule has 2 rings (SSSR count). The Morgan fingerprint density at radius 1 is 1.11 bits per heavy atom. The predicted molar refractivity (Wildman–Crippen MR) is 111 cm³/mol. The van der Waals surface area contributed by atoms with Crippen LogP contribution in [-0.4, -0.2) is 19.4 Å². The Kier molecular flexibility index (Phi) is 7.69. The van der Waals surface area contributed by atoms with Gasteiger partial charge in [0, 0.05) is 35.1 Å². The molecule has 2 amide bonds. The van der Waals surface area contributed by atoms with E-state index in [1.807, 2.05) is 30.3 Å². The topological polar surface area (TPSA) is 58.2 Å². The summed E-state index contributed by atoms with van der Waals surface area (Å²) < 4.78 is 0. The van der Waals surface area contributed by atoms with Crippen molar-refractivity contribution in [2.45, 2.75) is 26.2 Å². The van der Waals surface area contributed by atoms with E-state index < -0.39 is 0 Å². The molecule has 0 heterocycles. The molecule has 0 fully saturated rings. The van der Waals surface area contributed by atoms with Crippen molar-refractivity contribution in [3.05, 3.63) is 63.6 Å².